The van der Waals surface area contributed by atoms with Crippen LogP contribution in [0.1, 0.15) is 11.1 Å². The van der Waals surface area contributed by atoms with Crippen molar-refractivity contribution in [2.24, 2.45) is 0 Å². The number of hydrogen-bond donors (Lipinski definition) is 0. The van der Waals surface area contributed by atoms with Crippen LogP contribution < -0.4 is 0 Å². The molecule has 0 fully saturated rings. The number of aryl methyl sites for hydroxylation is 1. The summed E-state index contributed by atoms with van der Waals surface area (Å²) >= 11 is 5.52. The predicted octanol–water partition coefficient (Wildman–Crippen LogP) is 3.26. The van der Waals surface area contributed by atoms with Gasteiger partial charge in [-0.25, -0.2) is 8.78 Å². The monoisotopic (exact) mass is 176 g/mol. The lowest BCUT2D eigenvalue weighted by Crippen LogP contribution is -1.87. The molecule has 0 unspecified atom stereocenters. The Kier molecular flexibility index (Phi) is 2.45. The van der Waals surface area contributed by atoms with Crippen LogP contribution in [0, 0.1) is 12.7 Å². The zero-order valence-electron chi connectivity index (χ0n) is 6.00. The Morgan fingerprint density at radius 1 is 1.45 bits per heavy atom. The predicted molar refractivity (Wildman–Crippen MR) is 41.0 cm³/mol. The second kappa shape index (κ2) is 3.18. The van der Waals surface area contributed by atoms with Gasteiger partial charge < -0.3 is 0 Å². The zero-order chi connectivity index (χ0) is 8.43. The van der Waals surface area contributed by atoms with Gasteiger partial charge in [-0.15, -0.1) is 0 Å². The number of rotatable bonds is 1. The summed E-state index contributed by atoms with van der Waals surface area (Å²) in [6.07, 6.45) is 0. The van der Waals surface area contributed by atoms with Gasteiger partial charge in [-0.05, 0) is 24.6 Å². The Balaban J connectivity index is 3.21. The van der Waals surface area contributed by atoms with Gasteiger partial charge >= 0.3 is 0 Å². The largest absolute Gasteiger partial charge is 0.246 e. The Hall–Kier alpha value is -0.630. The summed E-state index contributed by atoms with van der Waals surface area (Å²) in [7, 11) is 0. The number of hydrogen-bond acceptors (Lipinski definition) is 0. The van der Waals surface area contributed by atoms with Gasteiger partial charge in [-0.2, -0.15) is 0 Å². The minimum absolute atomic E-state index is 0.149. The molecule has 0 spiro atoms. The molecule has 0 saturated heterocycles. The van der Waals surface area contributed by atoms with Gasteiger partial charge in [0.1, 0.15) is 12.5 Å². The van der Waals surface area contributed by atoms with Crippen molar-refractivity contribution < 1.29 is 8.78 Å². The average Bonchev–Trinajstić information content (AvgIpc) is 1.97. The van der Waals surface area contributed by atoms with Gasteiger partial charge in [0.2, 0.25) is 0 Å². The van der Waals surface area contributed by atoms with Crippen molar-refractivity contribution >= 4 is 11.6 Å². The first-order chi connectivity index (χ1) is 5.15. The fourth-order valence-corrected chi connectivity index (χ4v) is 1.02. The van der Waals surface area contributed by atoms with E-state index in [0.717, 1.165) is 6.07 Å². The Labute approximate surface area is 68.8 Å². The van der Waals surface area contributed by atoms with E-state index >= 15 is 0 Å². The van der Waals surface area contributed by atoms with Crippen LogP contribution in [0.4, 0.5) is 8.78 Å². The summed E-state index contributed by atoms with van der Waals surface area (Å²) in [5, 5.41) is 0.149. The smallest absolute Gasteiger partial charge is 0.127 e. The number of alkyl halides is 1. The molecule has 0 amide bonds. The molecule has 1 aromatic carbocycles. The minimum Gasteiger partial charge on any atom is -0.246 e. The lowest BCUT2D eigenvalue weighted by Gasteiger charge is -2.01. The van der Waals surface area contributed by atoms with E-state index < -0.39 is 12.5 Å². The van der Waals surface area contributed by atoms with Crippen molar-refractivity contribution in [3.05, 3.63) is 34.1 Å². The molecule has 0 heterocycles. The molecule has 3 heteroatoms. The van der Waals surface area contributed by atoms with Crippen LogP contribution in [-0.2, 0) is 6.67 Å². The molecule has 1 rings (SSSR count). The maximum atomic E-state index is 12.7. The highest BCUT2D eigenvalue weighted by Gasteiger charge is 2.04. The van der Waals surface area contributed by atoms with Gasteiger partial charge in [-0.1, -0.05) is 11.6 Å². The van der Waals surface area contributed by atoms with Crippen molar-refractivity contribution in [3.63, 3.8) is 0 Å². The van der Waals surface area contributed by atoms with Gasteiger partial charge in [0.15, 0.2) is 0 Å². The lowest BCUT2D eigenvalue weighted by atomic mass is 10.1. The van der Waals surface area contributed by atoms with Crippen molar-refractivity contribution in [3.8, 4) is 0 Å². The molecule has 0 atom stereocenters. The normalized spacial score (nSPS) is 10.2. The molecule has 0 aromatic heterocycles. The van der Waals surface area contributed by atoms with E-state index in [-0.39, 0.29) is 5.02 Å². The second-order valence-corrected chi connectivity index (χ2v) is 2.73. The Morgan fingerprint density at radius 2 is 2.09 bits per heavy atom. The molecular weight excluding hydrogens is 170 g/mol. The van der Waals surface area contributed by atoms with Crippen LogP contribution in [0.15, 0.2) is 12.1 Å². The van der Waals surface area contributed by atoms with E-state index in [2.05, 4.69) is 0 Å². The van der Waals surface area contributed by atoms with E-state index in [9.17, 15) is 8.78 Å². The molecule has 0 N–H and O–H groups in total. The fraction of sp³-hybridized carbons (Fsp3) is 0.250. The molecule has 0 aliphatic carbocycles. The van der Waals surface area contributed by atoms with Gasteiger partial charge in [0, 0.05) is 10.6 Å². The average molecular weight is 177 g/mol. The minimum atomic E-state index is -0.653. The van der Waals surface area contributed by atoms with Crippen LogP contribution >= 0.6 is 11.6 Å². The Bertz CT molecular complexity index is 271. The van der Waals surface area contributed by atoms with E-state index in [0.29, 0.717) is 11.1 Å². The van der Waals surface area contributed by atoms with Crippen LogP contribution in [-0.4, -0.2) is 0 Å². The van der Waals surface area contributed by atoms with Crippen molar-refractivity contribution in [2.75, 3.05) is 0 Å². The molecular formula is C8H7ClF2. The van der Waals surface area contributed by atoms with Crippen molar-refractivity contribution in [1.82, 2.24) is 0 Å². The van der Waals surface area contributed by atoms with Gasteiger partial charge in [-0.3, -0.25) is 0 Å². The molecule has 0 saturated carbocycles. The topological polar surface area (TPSA) is 0 Å². The molecule has 1 aromatic rings. The maximum Gasteiger partial charge on any atom is 0.127 e. The molecule has 0 nitrogen and oxygen atoms in total. The first-order valence-electron chi connectivity index (χ1n) is 3.15. The number of benzene rings is 1. The van der Waals surface area contributed by atoms with E-state index in [1.807, 2.05) is 0 Å². The quantitative estimate of drug-likeness (QED) is 0.616. The fourth-order valence-electron chi connectivity index (χ4n) is 0.819. The summed E-state index contributed by atoms with van der Waals surface area (Å²) < 4.78 is 24.8. The third-order valence-corrected chi connectivity index (χ3v) is 1.82. The zero-order valence-corrected chi connectivity index (χ0v) is 6.75. The third kappa shape index (κ3) is 1.69. The van der Waals surface area contributed by atoms with Crippen LogP contribution in [0.2, 0.25) is 5.02 Å². The van der Waals surface area contributed by atoms with Crippen molar-refractivity contribution in [1.29, 1.82) is 0 Å². The molecule has 0 aliphatic rings. The molecule has 60 valence electrons. The summed E-state index contributed by atoms with van der Waals surface area (Å²) in [5.74, 6) is -0.396. The molecule has 0 radical (unpaired) electrons. The highest BCUT2D eigenvalue weighted by Crippen LogP contribution is 2.20. The molecule has 0 bridgehead atoms. The molecule has 11 heavy (non-hydrogen) atoms. The third-order valence-electron chi connectivity index (χ3n) is 1.47. The summed E-state index contributed by atoms with van der Waals surface area (Å²) in [4.78, 5) is 0. The van der Waals surface area contributed by atoms with Gasteiger partial charge in [0.05, 0.1) is 0 Å². The highest BCUT2D eigenvalue weighted by atomic mass is 35.5. The summed E-state index contributed by atoms with van der Waals surface area (Å²) in [6.45, 7) is 0.921. The Morgan fingerprint density at radius 3 is 2.64 bits per heavy atom. The van der Waals surface area contributed by atoms with Crippen LogP contribution in [0.25, 0.3) is 0 Å². The van der Waals surface area contributed by atoms with Crippen molar-refractivity contribution in [2.45, 2.75) is 13.6 Å². The summed E-state index contributed by atoms with van der Waals surface area (Å²) in [6, 6.07) is 2.55. The first-order valence-corrected chi connectivity index (χ1v) is 3.53. The first kappa shape index (κ1) is 8.47. The maximum absolute atomic E-state index is 12.7. The van der Waals surface area contributed by atoms with Gasteiger partial charge in [0.25, 0.3) is 0 Å². The number of halogens is 3. The standard InChI is InChI=1S/C8H7ClF2/c1-5-2-6(4-10)7(9)3-8(5)11/h2-3H,4H2,1H3. The molecule has 0 aliphatic heterocycles. The van der Waals surface area contributed by atoms with E-state index in [4.69, 9.17) is 11.6 Å². The van der Waals surface area contributed by atoms with E-state index in [1.165, 1.54) is 6.07 Å². The highest BCUT2D eigenvalue weighted by molar-refractivity contribution is 6.31. The van der Waals surface area contributed by atoms with E-state index in [1.54, 1.807) is 6.92 Å². The van der Waals surface area contributed by atoms with Crippen LogP contribution in [0.5, 0.6) is 0 Å². The lowest BCUT2D eigenvalue weighted by molar-refractivity contribution is 0.484. The SMILES string of the molecule is Cc1cc(CF)c(Cl)cc1F. The second-order valence-electron chi connectivity index (χ2n) is 2.33. The van der Waals surface area contributed by atoms with Crippen LogP contribution in [0.3, 0.4) is 0 Å². The summed E-state index contributed by atoms with van der Waals surface area (Å²) in [5.41, 5.74) is 0.757.